The Morgan fingerprint density at radius 3 is 2.44 bits per heavy atom. The lowest BCUT2D eigenvalue weighted by atomic mass is 9.97. The first kappa shape index (κ1) is 39.7. The van der Waals surface area contributed by atoms with Crippen LogP contribution in [0.5, 0.6) is 17.4 Å². The van der Waals surface area contributed by atoms with Crippen LogP contribution in [-0.2, 0) is 4.74 Å². The summed E-state index contributed by atoms with van der Waals surface area (Å²) in [6, 6.07) is 9.96. The summed E-state index contributed by atoms with van der Waals surface area (Å²) in [5, 5.41) is 3.54. The number of allylic oxidation sites excluding steroid dienone is 1. The normalized spacial score (nSPS) is 14.3. The number of nitrogens with zero attached hydrogens (tertiary/aromatic N) is 6. The second-order valence-electron chi connectivity index (χ2n) is 14.2. The Balaban J connectivity index is 1.61. The zero-order valence-corrected chi connectivity index (χ0v) is 32.7. The topological polar surface area (TPSA) is 105 Å². The highest BCUT2D eigenvalue weighted by molar-refractivity contribution is 6.08. The molecule has 2 aromatic heterocycles. The average Bonchev–Trinajstić information content (AvgIpc) is 3.12. The summed E-state index contributed by atoms with van der Waals surface area (Å²) in [6.07, 6.45) is 10.1. The van der Waals surface area contributed by atoms with Crippen molar-refractivity contribution >= 4 is 29.1 Å². The van der Waals surface area contributed by atoms with E-state index in [1.807, 2.05) is 89.3 Å². The fourth-order valence-electron chi connectivity index (χ4n) is 5.74. The predicted octanol–water partition coefficient (Wildman–Crippen LogP) is 9.22. The molecule has 0 spiro atoms. The Kier molecular flexibility index (Phi) is 13.7. The maximum atomic E-state index is 12.7. The van der Waals surface area contributed by atoms with Crippen LogP contribution in [0.2, 0.25) is 0 Å². The van der Waals surface area contributed by atoms with Gasteiger partial charge in [-0.3, -0.25) is 0 Å². The third-order valence-corrected chi connectivity index (χ3v) is 8.94. The standard InChI is InChI=1S/C41H57N7O4/c1-12-15-16-19-42-38(37-30(6)25-35(50-11)39(45-37)47-20-22-48(23-21-47)40(49)52-41(7,8)9)44-31-17-18-34(29(5)24-31)51-36-26-32(28(4)13-2)33(27-43-36)46(10)14-3/h14,16-19,24-28H,3,12-13,15,20-23H2,1-2,4-11H3,(H,42,44)/b19-16+. The number of aromatic nitrogens is 2. The first-order valence-electron chi connectivity index (χ1n) is 18.2. The zero-order chi connectivity index (χ0) is 38.0. The van der Waals surface area contributed by atoms with E-state index in [2.05, 4.69) is 48.6 Å². The third-order valence-electron chi connectivity index (χ3n) is 8.94. The Morgan fingerprint density at radius 1 is 1.10 bits per heavy atom. The van der Waals surface area contributed by atoms with Crippen LogP contribution >= 0.6 is 0 Å². The number of aryl methyl sites for hydroxylation is 2. The van der Waals surface area contributed by atoms with Gasteiger partial charge in [-0.05, 0) is 101 Å². The number of pyridine rings is 2. The fourth-order valence-corrected chi connectivity index (χ4v) is 5.74. The lowest BCUT2D eigenvalue weighted by Gasteiger charge is -2.36. The monoisotopic (exact) mass is 711 g/mol. The number of hydrogen-bond acceptors (Lipinski definition) is 9. The molecular weight excluding hydrogens is 654 g/mol. The molecule has 11 heteroatoms. The summed E-state index contributed by atoms with van der Waals surface area (Å²) < 4.78 is 17.7. The van der Waals surface area contributed by atoms with E-state index in [-0.39, 0.29) is 6.09 Å². The molecule has 0 saturated carbocycles. The van der Waals surface area contributed by atoms with Gasteiger partial charge in [-0.2, -0.15) is 0 Å². The Morgan fingerprint density at radius 2 is 1.83 bits per heavy atom. The molecule has 1 saturated heterocycles. The number of amides is 1. The predicted molar refractivity (Wildman–Crippen MR) is 213 cm³/mol. The molecule has 1 aromatic carbocycles. The van der Waals surface area contributed by atoms with E-state index in [1.54, 1.807) is 18.2 Å². The molecule has 1 amide bonds. The van der Waals surface area contributed by atoms with Crippen molar-refractivity contribution in [2.45, 2.75) is 86.2 Å². The van der Waals surface area contributed by atoms with Gasteiger partial charge >= 0.3 is 6.09 Å². The van der Waals surface area contributed by atoms with E-state index in [1.165, 1.54) is 0 Å². The highest BCUT2D eigenvalue weighted by atomic mass is 16.6. The average molecular weight is 712 g/mol. The molecule has 0 aliphatic carbocycles. The summed E-state index contributed by atoms with van der Waals surface area (Å²) >= 11 is 0. The molecule has 11 nitrogen and oxygen atoms in total. The highest BCUT2D eigenvalue weighted by Gasteiger charge is 2.28. The molecule has 0 radical (unpaired) electrons. The summed E-state index contributed by atoms with van der Waals surface area (Å²) in [5.74, 6) is 3.56. The third kappa shape index (κ3) is 10.3. The van der Waals surface area contributed by atoms with E-state index in [0.29, 0.717) is 66.8 Å². The van der Waals surface area contributed by atoms with Gasteiger partial charge in [0.15, 0.2) is 17.4 Å². The number of ether oxygens (including phenoxy) is 3. The minimum atomic E-state index is -0.547. The van der Waals surface area contributed by atoms with Crippen molar-refractivity contribution in [3.8, 4) is 17.4 Å². The van der Waals surface area contributed by atoms with Gasteiger partial charge in [0, 0.05) is 51.2 Å². The van der Waals surface area contributed by atoms with Gasteiger partial charge in [0.1, 0.15) is 17.0 Å². The van der Waals surface area contributed by atoms with Gasteiger partial charge in [-0.1, -0.05) is 39.8 Å². The Bertz CT molecular complexity index is 1760. The Labute approximate surface area is 310 Å². The van der Waals surface area contributed by atoms with Crippen LogP contribution in [0.25, 0.3) is 0 Å². The van der Waals surface area contributed by atoms with Crippen LogP contribution in [0.1, 0.15) is 89.1 Å². The molecule has 1 aliphatic heterocycles. The van der Waals surface area contributed by atoms with E-state index >= 15 is 0 Å². The number of aliphatic imine (C=N–C) groups is 1. The molecule has 3 heterocycles. The molecule has 1 N–H and O–H groups in total. The number of rotatable bonds is 13. The number of methoxy groups -OCH3 is 1. The van der Waals surface area contributed by atoms with Crippen LogP contribution in [0.3, 0.4) is 0 Å². The molecule has 52 heavy (non-hydrogen) atoms. The number of carbonyl (C=O) groups excluding carboxylic acids is 1. The minimum absolute atomic E-state index is 0.303. The molecule has 280 valence electrons. The van der Waals surface area contributed by atoms with Crippen molar-refractivity contribution in [1.82, 2.24) is 14.9 Å². The Hall–Kier alpha value is -5.06. The number of nitrogens with one attached hydrogen (secondary N) is 1. The summed E-state index contributed by atoms with van der Waals surface area (Å²) in [4.78, 5) is 33.2. The molecule has 1 unspecified atom stereocenters. The minimum Gasteiger partial charge on any atom is -0.493 e. The first-order chi connectivity index (χ1) is 24.8. The number of unbranched alkanes of at least 4 members (excludes halogenated alkanes) is 1. The lowest BCUT2D eigenvalue weighted by Crippen LogP contribution is -2.50. The fraction of sp³-hybridized carbons (Fsp3) is 0.463. The number of hydrogen-bond donors (Lipinski definition) is 1. The van der Waals surface area contributed by atoms with Crippen molar-refractivity contribution in [3.63, 3.8) is 0 Å². The van der Waals surface area contributed by atoms with Gasteiger partial charge in [0.05, 0.1) is 19.0 Å². The highest BCUT2D eigenvalue weighted by Crippen LogP contribution is 2.35. The van der Waals surface area contributed by atoms with Crippen LogP contribution < -0.4 is 24.6 Å². The molecule has 0 bridgehead atoms. The van der Waals surface area contributed by atoms with Crippen molar-refractivity contribution < 1.29 is 19.0 Å². The summed E-state index contributed by atoms with van der Waals surface area (Å²) in [7, 11) is 3.63. The molecule has 1 atom stereocenters. The van der Waals surface area contributed by atoms with Gasteiger partial charge in [0.2, 0.25) is 5.88 Å². The van der Waals surface area contributed by atoms with E-state index in [4.69, 9.17) is 24.2 Å². The van der Waals surface area contributed by atoms with Crippen LogP contribution in [0, 0.1) is 13.8 Å². The van der Waals surface area contributed by atoms with Gasteiger partial charge in [-0.15, -0.1) is 0 Å². The smallest absolute Gasteiger partial charge is 0.410 e. The van der Waals surface area contributed by atoms with Crippen LogP contribution in [0.4, 0.5) is 22.0 Å². The van der Waals surface area contributed by atoms with Crippen molar-refractivity contribution in [2.24, 2.45) is 4.99 Å². The van der Waals surface area contributed by atoms with Gasteiger partial charge in [0.25, 0.3) is 0 Å². The molecule has 3 aromatic rings. The number of anilines is 3. The second kappa shape index (κ2) is 17.9. The number of piperazine rings is 1. The molecular formula is C41H57N7O4. The van der Waals surface area contributed by atoms with E-state index in [9.17, 15) is 4.79 Å². The van der Waals surface area contributed by atoms with Crippen molar-refractivity contribution in [2.75, 3.05) is 55.5 Å². The van der Waals surface area contributed by atoms with Crippen molar-refractivity contribution in [3.05, 3.63) is 84.0 Å². The molecule has 1 aliphatic rings. The molecule has 4 rings (SSSR count). The summed E-state index contributed by atoms with van der Waals surface area (Å²) in [6.45, 7) is 22.3. The number of carbonyl (C=O) groups is 1. The maximum Gasteiger partial charge on any atom is 0.410 e. The van der Waals surface area contributed by atoms with Crippen molar-refractivity contribution in [1.29, 1.82) is 0 Å². The molecule has 1 fully saturated rings. The van der Waals surface area contributed by atoms with E-state index < -0.39 is 5.60 Å². The lowest BCUT2D eigenvalue weighted by molar-refractivity contribution is 0.0240. The first-order valence-corrected chi connectivity index (χ1v) is 18.2. The SMILES string of the molecule is C=CN(C)c1cnc(Oc2ccc(NC(=N/C=C/CCC)c3nc(N4CCN(C(=O)OC(C)(C)C)CC4)c(OC)cc3C)cc2C)cc1C(C)CC. The summed E-state index contributed by atoms with van der Waals surface area (Å²) in [5.41, 5.74) is 5.02. The van der Waals surface area contributed by atoms with Crippen LogP contribution in [-0.4, -0.2) is 72.7 Å². The van der Waals surface area contributed by atoms with E-state index in [0.717, 1.165) is 47.3 Å². The zero-order valence-electron chi connectivity index (χ0n) is 32.7. The van der Waals surface area contributed by atoms with Gasteiger partial charge in [-0.25, -0.2) is 19.8 Å². The van der Waals surface area contributed by atoms with Gasteiger partial charge < -0.3 is 34.2 Å². The quantitative estimate of drug-likeness (QED) is 0.137. The van der Waals surface area contributed by atoms with Crippen LogP contribution in [0.15, 0.2) is 66.6 Å². The maximum absolute atomic E-state index is 12.7. The second-order valence-corrected chi connectivity index (χ2v) is 14.2. The number of amidine groups is 1. The largest absolute Gasteiger partial charge is 0.493 e. The number of benzene rings is 1.